The Morgan fingerprint density at radius 1 is 0.950 bits per heavy atom. The monoisotopic (exact) mass is 632 g/mol. The topological polar surface area (TPSA) is 90.0 Å². The van der Waals surface area contributed by atoms with Crippen molar-refractivity contribution in [2.45, 2.75) is 32.4 Å². The number of carbonyl (C=O) groups is 2. The number of hydrogen-bond donors (Lipinski definition) is 1. The third-order valence-corrected chi connectivity index (χ3v) is 8.51. The molecular weight excluding hydrogens is 599 g/mol. The van der Waals surface area contributed by atoms with Gasteiger partial charge in [-0.2, -0.15) is 12.7 Å². The van der Waals surface area contributed by atoms with E-state index in [1.165, 1.54) is 31.1 Å². The molecule has 0 bridgehead atoms. The lowest BCUT2D eigenvalue weighted by molar-refractivity contribution is -0.140. The molecule has 3 rings (SSSR count). The average molecular weight is 634 g/mol. The second-order valence-corrected chi connectivity index (χ2v) is 12.4. The molecule has 0 saturated heterocycles. The Balaban J connectivity index is 2.07. The van der Waals surface area contributed by atoms with Crippen LogP contribution in [0.5, 0.6) is 0 Å². The third-order valence-electron chi connectivity index (χ3n) is 6.20. The maximum Gasteiger partial charge on any atom is 0.304 e. The van der Waals surface area contributed by atoms with Crippen LogP contribution in [0.4, 0.5) is 10.1 Å². The largest absolute Gasteiger partial charge is 0.354 e. The van der Waals surface area contributed by atoms with Crippen LogP contribution in [0.2, 0.25) is 0 Å². The van der Waals surface area contributed by atoms with E-state index in [-0.39, 0.29) is 24.6 Å². The molecule has 214 valence electrons. The lowest BCUT2D eigenvalue weighted by atomic mass is 10.0. The Morgan fingerprint density at radius 3 is 2.20 bits per heavy atom. The first-order valence-electron chi connectivity index (χ1n) is 12.8. The van der Waals surface area contributed by atoms with Crippen molar-refractivity contribution in [3.05, 3.63) is 100 Å². The maximum atomic E-state index is 14.1. The van der Waals surface area contributed by atoms with Crippen molar-refractivity contribution >= 4 is 43.6 Å². The number of carbonyl (C=O) groups excluding carboxylic acids is 2. The van der Waals surface area contributed by atoms with Crippen LogP contribution in [0.15, 0.2) is 83.3 Å². The van der Waals surface area contributed by atoms with Crippen LogP contribution < -0.4 is 9.62 Å². The summed E-state index contributed by atoms with van der Waals surface area (Å²) in [6, 6.07) is 20.7. The molecule has 40 heavy (non-hydrogen) atoms. The molecule has 0 spiro atoms. The number of benzene rings is 3. The molecule has 0 fully saturated rings. The smallest absolute Gasteiger partial charge is 0.304 e. The summed E-state index contributed by atoms with van der Waals surface area (Å²) in [5.41, 5.74) is 1.73. The molecule has 0 saturated carbocycles. The summed E-state index contributed by atoms with van der Waals surface area (Å²) in [5, 5.41) is 2.90. The number of amides is 2. The van der Waals surface area contributed by atoms with Gasteiger partial charge >= 0.3 is 10.2 Å². The quantitative estimate of drug-likeness (QED) is 0.303. The summed E-state index contributed by atoms with van der Waals surface area (Å²) in [6.45, 7) is 1.84. The van der Waals surface area contributed by atoms with Gasteiger partial charge in [0.25, 0.3) is 0 Å². The molecule has 3 aromatic rings. The summed E-state index contributed by atoms with van der Waals surface area (Å²) in [6.07, 6.45) is 0.940. The minimum atomic E-state index is -4.14. The molecule has 0 radical (unpaired) electrons. The predicted octanol–water partition coefficient (Wildman–Crippen LogP) is 4.37. The molecular formula is C29H34BrFN4O4S. The molecule has 1 atom stereocenters. The van der Waals surface area contributed by atoms with Gasteiger partial charge in [-0.1, -0.05) is 65.3 Å². The molecule has 3 aromatic carbocycles. The standard InChI is InChI=1S/C29H34BrFN4O4S/c1-4-17-32-29(37)27(19-22-9-6-5-7-10-22)34(20-23-11-8-12-24(30)18-23)28(36)21-35(40(38,39)33(2)3)26-15-13-25(31)14-16-26/h5-16,18,27H,4,17,19-21H2,1-3H3,(H,32,37)/t27-/m0/s1. The van der Waals surface area contributed by atoms with Crippen LogP contribution in [0.3, 0.4) is 0 Å². The summed E-state index contributed by atoms with van der Waals surface area (Å²) in [4.78, 5) is 29.0. The summed E-state index contributed by atoms with van der Waals surface area (Å²) < 4.78 is 43.0. The van der Waals surface area contributed by atoms with Gasteiger partial charge in [-0.25, -0.2) is 8.70 Å². The second-order valence-electron chi connectivity index (χ2n) is 9.42. The second kappa shape index (κ2) is 14.4. The summed E-state index contributed by atoms with van der Waals surface area (Å²) in [7, 11) is -1.44. The van der Waals surface area contributed by atoms with Crippen LogP contribution in [-0.2, 0) is 32.8 Å². The zero-order valence-electron chi connectivity index (χ0n) is 22.8. The fraction of sp³-hybridized carbons (Fsp3) is 0.310. The van der Waals surface area contributed by atoms with Crippen LogP contribution >= 0.6 is 15.9 Å². The van der Waals surface area contributed by atoms with Gasteiger partial charge in [0.05, 0.1) is 5.69 Å². The van der Waals surface area contributed by atoms with E-state index in [1.54, 1.807) is 0 Å². The number of nitrogens with zero attached hydrogens (tertiary/aromatic N) is 3. The van der Waals surface area contributed by atoms with E-state index in [9.17, 15) is 22.4 Å². The fourth-order valence-electron chi connectivity index (χ4n) is 4.08. The highest BCUT2D eigenvalue weighted by molar-refractivity contribution is 9.10. The number of halogens is 2. The lowest BCUT2D eigenvalue weighted by Gasteiger charge is -2.34. The van der Waals surface area contributed by atoms with E-state index >= 15 is 0 Å². The first-order valence-corrected chi connectivity index (χ1v) is 15.0. The van der Waals surface area contributed by atoms with E-state index < -0.39 is 34.5 Å². The van der Waals surface area contributed by atoms with E-state index in [2.05, 4.69) is 21.2 Å². The Labute approximate surface area is 244 Å². The van der Waals surface area contributed by atoms with E-state index in [4.69, 9.17) is 0 Å². The van der Waals surface area contributed by atoms with E-state index in [0.29, 0.717) is 13.0 Å². The zero-order valence-corrected chi connectivity index (χ0v) is 25.2. The highest BCUT2D eigenvalue weighted by Crippen LogP contribution is 2.23. The Kier molecular flexibility index (Phi) is 11.2. The normalized spacial score (nSPS) is 12.2. The molecule has 11 heteroatoms. The number of hydrogen-bond acceptors (Lipinski definition) is 4. The van der Waals surface area contributed by atoms with Gasteiger partial charge in [0, 0.05) is 38.1 Å². The molecule has 0 aliphatic heterocycles. The van der Waals surface area contributed by atoms with Gasteiger partial charge in [0.1, 0.15) is 18.4 Å². The Hall–Kier alpha value is -3.28. The Bertz CT molecular complexity index is 1390. The molecule has 8 nitrogen and oxygen atoms in total. The highest BCUT2D eigenvalue weighted by atomic mass is 79.9. The fourth-order valence-corrected chi connectivity index (χ4v) is 5.58. The molecule has 0 heterocycles. The zero-order chi connectivity index (χ0) is 29.3. The van der Waals surface area contributed by atoms with Crippen molar-refractivity contribution in [2.75, 3.05) is 31.5 Å². The summed E-state index contributed by atoms with van der Waals surface area (Å²) in [5.74, 6) is -1.45. The number of nitrogens with one attached hydrogen (secondary N) is 1. The lowest BCUT2D eigenvalue weighted by Crippen LogP contribution is -2.54. The number of anilines is 1. The van der Waals surface area contributed by atoms with Crippen molar-refractivity contribution in [3.8, 4) is 0 Å². The van der Waals surface area contributed by atoms with Crippen LogP contribution in [0.1, 0.15) is 24.5 Å². The maximum absolute atomic E-state index is 14.1. The van der Waals surface area contributed by atoms with Crippen molar-refractivity contribution in [1.29, 1.82) is 0 Å². The van der Waals surface area contributed by atoms with E-state index in [1.807, 2.05) is 61.5 Å². The van der Waals surface area contributed by atoms with Crippen molar-refractivity contribution in [3.63, 3.8) is 0 Å². The van der Waals surface area contributed by atoms with Crippen LogP contribution in [0, 0.1) is 5.82 Å². The van der Waals surface area contributed by atoms with Crippen molar-refractivity contribution in [1.82, 2.24) is 14.5 Å². The van der Waals surface area contributed by atoms with Gasteiger partial charge in [-0.05, 0) is 53.9 Å². The third kappa shape index (κ3) is 8.36. The molecule has 1 N–H and O–H groups in total. The predicted molar refractivity (Wildman–Crippen MR) is 158 cm³/mol. The minimum Gasteiger partial charge on any atom is -0.354 e. The molecule has 0 aromatic heterocycles. The van der Waals surface area contributed by atoms with Crippen molar-refractivity contribution < 1.29 is 22.4 Å². The molecule has 2 amide bonds. The van der Waals surface area contributed by atoms with Gasteiger partial charge < -0.3 is 10.2 Å². The molecule has 0 unspecified atom stereocenters. The van der Waals surface area contributed by atoms with Crippen LogP contribution in [-0.4, -0.2) is 62.7 Å². The highest BCUT2D eigenvalue weighted by Gasteiger charge is 2.34. The minimum absolute atomic E-state index is 0.0641. The average Bonchev–Trinajstić information content (AvgIpc) is 2.93. The molecule has 0 aliphatic carbocycles. The molecule has 0 aliphatic rings. The Morgan fingerprint density at radius 2 is 1.60 bits per heavy atom. The van der Waals surface area contributed by atoms with Gasteiger partial charge in [0.2, 0.25) is 11.8 Å². The SMILES string of the molecule is CCCNC(=O)[C@H](Cc1ccccc1)N(Cc1cccc(Br)c1)C(=O)CN(c1ccc(F)cc1)S(=O)(=O)N(C)C. The first kappa shape index (κ1) is 31.3. The first-order chi connectivity index (χ1) is 19.0. The van der Waals surface area contributed by atoms with Gasteiger partial charge in [-0.15, -0.1) is 0 Å². The number of rotatable bonds is 13. The van der Waals surface area contributed by atoms with Gasteiger partial charge in [-0.3, -0.25) is 9.59 Å². The van der Waals surface area contributed by atoms with Gasteiger partial charge in [0.15, 0.2) is 0 Å². The van der Waals surface area contributed by atoms with E-state index in [0.717, 1.165) is 36.3 Å². The summed E-state index contributed by atoms with van der Waals surface area (Å²) >= 11 is 3.46. The van der Waals surface area contributed by atoms with Crippen molar-refractivity contribution in [2.24, 2.45) is 0 Å². The van der Waals surface area contributed by atoms with Crippen LogP contribution in [0.25, 0.3) is 0 Å².